The zero-order valence-corrected chi connectivity index (χ0v) is 24.8. The van der Waals surface area contributed by atoms with E-state index < -0.39 is 26.1 Å². The van der Waals surface area contributed by atoms with Gasteiger partial charge in [-0.1, -0.05) is 51.1 Å². The molecule has 2 fully saturated rings. The molecule has 0 unspecified atom stereocenters. The highest BCUT2D eigenvalue weighted by Gasteiger charge is 2.56. The van der Waals surface area contributed by atoms with Gasteiger partial charge >= 0.3 is 18.2 Å². The zero-order chi connectivity index (χ0) is 29.2. The van der Waals surface area contributed by atoms with Gasteiger partial charge in [0.05, 0.1) is 0 Å². The Labute approximate surface area is 225 Å². The Morgan fingerprint density at radius 2 is 1.55 bits per heavy atom. The molecule has 216 valence electrons. The number of carbonyl (C=O) groups is 2. The van der Waals surface area contributed by atoms with Crippen LogP contribution in [0, 0.1) is 11.3 Å². The van der Waals surface area contributed by atoms with E-state index in [-0.39, 0.29) is 16.5 Å². The predicted octanol–water partition coefficient (Wildman–Crippen LogP) is 6.01. The number of likely N-dealkylation sites (tertiary alicyclic amines) is 2. The number of alkyl halides is 3. The maximum Gasteiger partial charge on any atom is 0.490 e. The Morgan fingerprint density at radius 1 is 1.03 bits per heavy atom. The van der Waals surface area contributed by atoms with Gasteiger partial charge in [0.15, 0.2) is 8.32 Å². The van der Waals surface area contributed by atoms with Crippen molar-refractivity contribution in [3.8, 4) is 0 Å². The molecular formula is C27H43F3N2O5Si. The van der Waals surface area contributed by atoms with Crippen LogP contribution in [0.1, 0.15) is 47.1 Å². The molecule has 0 aliphatic carbocycles. The third kappa shape index (κ3) is 8.70. The number of halogens is 3. The van der Waals surface area contributed by atoms with Crippen molar-refractivity contribution < 1.29 is 37.0 Å². The highest BCUT2D eigenvalue weighted by atomic mass is 28.4. The van der Waals surface area contributed by atoms with Crippen LogP contribution in [0.5, 0.6) is 0 Å². The number of nitrogens with zero attached hydrogens (tertiary/aromatic N) is 2. The molecule has 11 heteroatoms. The first kappa shape index (κ1) is 32.1. The summed E-state index contributed by atoms with van der Waals surface area (Å²) >= 11 is 0. The molecule has 0 radical (unpaired) electrons. The van der Waals surface area contributed by atoms with Crippen molar-refractivity contribution in [3.63, 3.8) is 0 Å². The van der Waals surface area contributed by atoms with Crippen molar-refractivity contribution in [1.82, 2.24) is 9.80 Å². The molecule has 2 heterocycles. The van der Waals surface area contributed by atoms with Crippen LogP contribution in [0.4, 0.5) is 18.0 Å². The second-order valence-corrected chi connectivity index (χ2v) is 17.7. The number of hydrogen-bond acceptors (Lipinski definition) is 5. The molecule has 1 atom stereocenters. The van der Waals surface area contributed by atoms with Crippen LogP contribution in [-0.2, 0) is 20.5 Å². The number of carboxylic acids is 1. The summed E-state index contributed by atoms with van der Waals surface area (Å²) in [7, 11) is -1.81. The normalized spacial score (nSPS) is 20.0. The fourth-order valence-corrected chi connectivity index (χ4v) is 5.44. The lowest BCUT2D eigenvalue weighted by Crippen LogP contribution is -2.63. The van der Waals surface area contributed by atoms with Gasteiger partial charge in [0.1, 0.15) is 5.60 Å². The number of amides is 1. The van der Waals surface area contributed by atoms with E-state index in [1.807, 2.05) is 25.7 Å². The van der Waals surface area contributed by atoms with E-state index >= 15 is 0 Å². The fourth-order valence-electron chi connectivity index (χ4n) is 4.39. The molecule has 38 heavy (non-hydrogen) atoms. The Hall–Kier alpha value is -2.11. The molecule has 1 aromatic rings. The van der Waals surface area contributed by atoms with Crippen molar-refractivity contribution in [2.24, 2.45) is 11.3 Å². The lowest BCUT2D eigenvalue weighted by molar-refractivity contribution is -0.192. The Balaban J connectivity index is 0.000000638. The number of aliphatic carboxylic acids is 1. The third-order valence-electron chi connectivity index (χ3n) is 7.49. The standard InChI is InChI=1S/C25H42N2O3Si.C2HF3O2/c1-23(2,3)30-22(28)27-18-25(19-27)17-26(14-20-12-10-9-11-13-20)15-21(25)16-29-31(7,8)24(4,5)6;3-2(4,5)1(6)7/h9-13,21H,14-19H2,1-8H3;(H,6,7)/t21-;/m0./s1. The van der Waals surface area contributed by atoms with Gasteiger partial charge in [0.2, 0.25) is 0 Å². The lowest BCUT2D eigenvalue weighted by Gasteiger charge is -2.51. The number of benzene rings is 1. The van der Waals surface area contributed by atoms with Crippen LogP contribution in [-0.4, -0.2) is 79.8 Å². The third-order valence-corrected chi connectivity index (χ3v) is 12.0. The smallest absolute Gasteiger partial charge is 0.475 e. The van der Waals surface area contributed by atoms with Gasteiger partial charge in [-0.05, 0) is 44.5 Å². The summed E-state index contributed by atoms with van der Waals surface area (Å²) in [4.78, 5) is 25.9. The molecule has 3 rings (SSSR count). The quantitative estimate of drug-likeness (QED) is 0.445. The van der Waals surface area contributed by atoms with E-state index in [9.17, 15) is 18.0 Å². The van der Waals surface area contributed by atoms with Gasteiger partial charge < -0.3 is 19.2 Å². The van der Waals surface area contributed by atoms with Crippen LogP contribution < -0.4 is 0 Å². The first-order valence-electron chi connectivity index (χ1n) is 12.8. The summed E-state index contributed by atoms with van der Waals surface area (Å²) in [5.74, 6) is -2.32. The van der Waals surface area contributed by atoms with Crippen LogP contribution >= 0.6 is 0 Å². The summed E-state index contributed by atoms with van der Waals surface area (Å²) in [6, 6.07) is 10.7. The molecule has 2 aliphatic rings. The molecule has 2 saturated heterocycles. The number of ether oxygens (including phenoxy) is 1. The number of rotatable bonds is 5. The molecule has 0 aromatic heterocycles. The first-order valence-corrected chi connectivity index (χ1v) is 15.7. The molecule has 0 saturated carbocycles. The van der Waals surface area contributed by atoms with E-state index in [4.69, 9.17) is 19.1 Å². The van der Waals surface area contributed by atoms with Crippen LogP contribution in [0.2, 0.25) is 18.1 Å². The SMILES string of the molecule is CC(C)(C)OC(=O)N1CC2(CN(Cc3ccccc3)C[C@H]2CO[Si](C)(C)C(C)(C)C)C1.O=C(O)C(F)(F)F. The topological polar surface area (TPSA) is 79.3 Å². The maximum absolute atomic E-state index is 12.6. The Kier molecular flexibility index (Phi) is 9.76. The highest BCUT2D eigenvalue weighted by Crippen LogP contribution is 2.46. The largest absolute Gasteiger partial charge is 0.490 e. The van der Waals surface area contributed by atoms with Crippen molar-refractivity contribution in [2.45, 2.75) is 78.0 Å². The van der Waals surface area contributed by atoms with E-state index in [1.54, 1.807) is 0 Å². The Morgan fingerprint density at radius 3 is 2.00 bits per heavy atom. The van der Waals surface area contributed by atoms with Crippen molar-refractivity contribution in [3.05, 3.63) is 35.9 Å². The minimum absolute atomic E-state index is 0.105. The second-order valence-electron chi connectivity index (χ2n) is 12.9. The molecule has 0 bridgehead atoms. The van der Waals surface area contributed by atoms with Gasteiger partial charge in [-0.15, -0.1) is 0 Å². The molecule has 7 nitrogen and oxygen atoms in total. The minimum Gasteiger partial charge on any atom is -0.475 e. The monoisotopic (exact) mass is 560 g/mol. The van der Waals surface area contributed by atoms with E-state index in [0.29, 0.717) is 5.92 Å². The maximum atomic E-state index is 12.6. The molecule has 1 spiro atoms. The average Bonchev–Trinajstić information content (AvgIpc) is 3.08. The molecular weight excluding hydrogens is 517 g/mol. The molecule has 1 amide bonds. The number of carbonyl (C=O) groups excluding carboxylic acids is 1. The van der Waals surface area contributed by atoms with Gasteiger partial charge in [0, 0.05) is 50.7 Å². The van der Waals surface area contributed by atoms with Crippen LogP contribution in [0.25, 0.3) is 0 Å². The van der Waals surface area contributed by atoms with Gasteiger partial charge in [0.25, 0.3) is 0 Å². The number of carboxylic acid groups (broad SMARTS) is 1. The Bertz CT molecular complexity index is 952. The van der Waals surface area contributed by atoms with Crippen LogP contribution in [0.15, 0.2) is 30.3 Å². The van der Waals surface area contributed by atoms with Gasteiger partial charge in [-0.2, -0.15) is 13.2 Å². The zero-order valence-electron chi connectivity index (χ0n) is 23.8. The van der Waals surface area contributed by atoms with Crippen molar-refractivity contribution in [2.75, 3.05) is 32.8 Å². The fraction of sp³-hybridized carbons (Fsp3) is 0.704. The molecule has 2 aliphatic heterocycles. The summed E-state index contributed by atoms with van der Waals surface area (Å²) < 4.78 is 44.0. The summed E-state index contributed by atoms with van der Waals surface area (Å²) in [5, 5.41) is 7.32. The molecule has 1 N–H and O–H groups in total. The van der Waals surface area contributed by atoms with Crippen molar-refractivity contribution in [1.29, 1.82) is 0 Å². The predicted molar refractivity (Wildman–Crippen MR) is 142 cm³/mol. The molecule has 1 aromatic carbocycles. The van der Waals surface area contributed by atoms with Crippen molar-refractivity contribution >= 4 is 20.4 Å². The first-order chi connectivity index (χ1) is 17.2. The van der Waals surface area contributed by atoms with Crippen LogP contribution in [0.3, 0.4) is 0 Å². The average molecular weight is 561 g/mol. The van der Waals surface area contributed by atoms with E-state index in [0.717, 1.165) is 39.3 Å². The van der Waals surface area contributed by atoms with Gasteiger partial charge in [-0.3, -0.25) is 4.90 Å². The summed E-state index contributed by atoms with van der Waals surface area (Å²) in [5.41, 5.74) is 0.986. The lowest BCUT2D eigenvalue weighted by atomic mass is 9.72. The van der Waals surface area contributed by atoms with Gasteiger partial charge in [-0.25, -0.2) is 9.59 Å². The minimum atomic E-state index is -5.08. The number of hydrogen-bond donors (Lipinski definition) is 1. The highest BCUT2D eigenvalue weighted by molar-refractivity contribution is 6.74. The van der Waals surface area contributed by atoms with E-state index in [1.165, 1.54) is 5.56 Å². The van der Waals surface area contributed by atoms with E-state index in [2.05, 4.69) is 69.1 Å². The summed E-state index contributed by atoms with van der Waals surface area (Å²) in [6.07, 6.45) is -5.27. The summed E-state index contributed by atoms with van der Waals surface area (Å²) in [6.45, 7) is 22.6. The second kappa shape index (κ2) is 11.6.